The zero-order chi connectivity index (χ0) is 16.5. The van der Waals surface area contributed by atoms with Crippen LogP contribution in [0.3, 0.4) is 0 Å². The van der Waals surface area contributed by atoms with Crippen LogP contribution in [0.2, 0.25) is 0 Å². The Bertz CT molecular complexity index is 494. The molecule has 0 saturated carbocycles. The topological polar surface area (TPSA) is 56.7 Å². The summed E-state index contributed by atoms with van der Waals surface area (Å²) in [6, 6.07) is 8.61. The van der Waals surface area contributed by atoms with Crippen molar-refractivity contribution in [2.75, 3.05) is 20.6 Å². The van der Waals surface area contributed by atoms with Crippen molar-refractivity contribution in [2.45, 2.75) is 39.8 Å². The number of amides is 1. The van der Waals surface area contributed by atoms with E-state index in [0.717, 1.165) is 12.0 Å². The van der Waals surface area contributed by atoms with Gasteiger partial charge in [-0.2, -0.15) is 0 Å². The summed E-state index contributed by atoms with van der Waals surface area (Å²) in [5, 5.41) is 6.41. The zero-order valence-corrected chi connectivity index (χ0v) is 14.3. The van der Waals surface area contributed by atoms with Gasteiger partial charge in [0.05, 0.1) is 13.1 Å². The largest absolute Gasteiger partial charge is 0.354 e. The molecule has 0 bridgehead atoms. The van der Waals surface area contributed by atoms with Crippen molar-refractivity contribution < 1.29 is 4.79 Å². The Labute approximate surface area is 133 Å². The summed E-state index contributed by atoms with van der Waals surface area (Å²) >= 11 is 0. The van der Waals surface area contributed by atoms with Crippen LogP contribution in [-0.2, 0) is 11.3 Å². The van der Waals surface area contributed by atoms with Gasteiger partial charge in [0.15, 0.2) is 5.96 Å². The summed E-state index contributed by atoms with van der Waals surface area (Å²) in [4.78, 5) is 17.8. The molecule has 1 amide bonds. The quantitative estimate of drug-likeness (QED) is 0.623. The molecule has 122 valence electrons. The molecule has 1 rings (SSSR count). The van der Waals surface area contributed by atoms with Gasteiger partial charge in [-0.3, -0.25) is 4.79 Å². The number of aliphatic imine (C=N–C) groups is 1. The summed E-state index contributed by atoms with van der Waals surface area (Å²) < 4.78 is 0. The molecule has 0 radical (unpaired) electrons. The molecule has 0 aliphatic heterocycles. The maximum absolute atomic E-state index is 11.7. The van der Waals surface area contributed by atoms with Gasteiger partial charge in [-0.1, -0.05) is 36.8 Å². The second kappa shape index (κ2) is 9.07. The summed E-state index contributed by atoms with van der Waals surface area (Å²) in [5.41, 5.74) is 2.38. The Morgan fingerprint density at radius 3 is 2.45 bits per heavy atom. The smallest absolute Gasteiger partial charge is 0.241 e. The number of guanidine groups is 1. The lowest BCUT2D eigenvalue weighted by Crippen LogP contribution is -2.45. The maximum Gasteiger partial charge on any atom is 0.241 e. The van der Waals surface area contributed by atoms with Crippen LogP contribution in [0.25, 0.3) is 0 Å². The fourth-order valence-corrected chi connectivity index (χ4v) is 1.67. The van der Waals surface area contributed by atoms with Gasteiger partial charge in [-0.25, -0.2) is 4.99 Å². The highest BCUT2D eigenvalue weighted by atomic mass is 16.2. The Balaban J connectivity index is 2.68. The summed E-state index contributed by atoms with van der Waals surface area (Å²) in [5.74, 6) is 0.694. The lowest BCUT2D eigenvalue weighted by molar-refractivity contribution is -0.127. The number of carbonyl (C=O) groups excluding carboxylic acids is 1. The van der Waals surface area contributed by atoms with Crippen molar-refractivity contribution in [3.63, 3.8) is 0 Å². The van der Waals surface area contributed by atoms with E-state index in [4.69, 9.17) is 0 Å². The first-order valence-corrected chi connectivity index (χ1v) is 7.73. The Morgan fingerprint density at radius 1 is 1.27 bits per heavy atom. The molecule has 1 aromatic rings. The molecule has 5 heteroatoms. The summed E-state index contributed by atoms with van der Waals surface area (Å²) in [6.45, 7) is 7.10. The van der Waals surface area contributed by atoms with Crippen LogP contribution in [0.1, 0.15) is 31.4 Å². The minimum atomic E-state index is 0.0222. The lowest BCUT2D eigenvalue weighted by atomic mass is 10.1. The summed E-state index contributed by atoms with van der Waals surface area (Å²) in [7, 11) is 3.49. The van der Waals surface area contributed by atoms with E-state index in [1.807, 2.05) is 0 Å². The second-order valence-electron chi connectivity index (χ2n) is 5.75. The molecular formula is C17H28N4O. The minimum Gasteiger partial charge on any atom is -0.354 e. The van der Waals surface area contributed by atoms with Gasteiger partial charge in [-0.05, 0) is 25.8 Å². The van der Waals surface area contributed by atoms with E-state index >= 15 is 0 Å². The number of nitrogens with one attached hydrogen (secondary N) is 2. The molecule has 0 heterocycles. The number of aryl methyl sites for hydroxylation is 1. The SMILES string of the molecule is CCC(C)NC(=NCc1ccc(C)cc1)NCC(=O)N(C)C. The third-order valence-electron chi connectivity index (χ3n) is 3.44. The van der Waals surface area contributed by atoms with Gasteiger partial charge >= 0.3 is 0 Å². The van der Waals surface area contributed by atoms with Crippen LogP contribution < -0.4 is 10.6 Å². The molecule has 0 aromatic heterocycles. The van der Waals surface area contributed by atoms with Crippen molar-refractivity contribution in [3.05, 3.63) is 35.4 Å². The molecule has 0 saturated heterocycles. The minimum absolute atomic E-state index is 0.0222. The molecule has 0 aliphatic carbocycles. The predicted octanol–water partition coefficient (Wildman–Crippen LogP) is 1.92. The van der Waals surface area contributed by atoms with Crippen molar-refractivity contribution in [3.8, 4) is 0 Å². The Kier molecular flexibility index (Phi) is 7.43. The van der Waals surface area contributed by atoms with Gasteiger partial charge < -0.3 is 15.5 Å². The molecule has 0 spiro atoms. The molecule has 5 nitrogen and oxygen atoms in total. The van der Waals surface area contributed by atoms with Crippen molar-refractivity contribution >= 4 is 11.9 Å². The van der Waals surface area contributed by atoms with Crippen molar-refractivity contribution in [2.24, 2.45) is 4.99 Å². The first-order valence-electron chi connectivity index (χ1n) is 7.73. The molecule has 1 aromatic carbocycles. The standard InChI is InChI=1S/C17H28N4O/c1-6-14(3)20-17(19-12-16(22)21(4)5)18-11-15-9-7-13(2)8-10-15/h7-10,14H,6,11-12H2,1-5H3,(H2,18,19,20). The zero-order valence-electron chi connectivity index (χ0n) is 14.3. The molecule has 22 heavy (non-hydrogen) atoms. The lowest BCUT2D eigenvalue weighted by Gasteiger charge is -2.18. The van der Waals surface area contributed by atoms with Gasteiger partial charge in [0.25, 0.3) is 0 Å². The number of benzene rings is 1. The monoisotopic (exact) mass is 304 g/mol. The van der Waals surface area contributed by atoms with E-state index in [0.29, 0.717) is 18.5 Å². The molecule has 0 aliphatic rings. The highest BCUT2D eigenvalue weighted by molar-refractivity contribution is 5.86. The van der Waals surface area contributed by atoms with Crippen molar-refractivity contribution in [1.82, 2.24) is 15.5 Å². The second-order valence-corrected chi connectivity index (χ2v) is 5.75. The maximum atomic E-state index is 11.7. The fourth-order valence-electron chi connectivity index (χ4n) is 1.67. The fraction of sp³-hybridized carbons (Fsp3) is 0.529. The van der Waals surface area contributed by atoms with E-state index in [2.05, 4.69) is 60.7 Å². The van der Waals surface area contributed by atoms with E-state index in [9.17, 15) is 4.79 Å². The number of nitrogens with zero attached hydrogens (tertiary/aromatic N) is 2. The average molecular weight is 304 g/mol. The van der Waals surface area contributed by atoms with Crippen LogP contribution in [0, 0.1) is 6.92 Å². The number of rotatable bonds is 6. The highest BCUT2D eigenvalue weighted by Gasteiger charge is 2.07. The Hall–Kier alpha value is -2.04. The van der Waals surface area contributed by atoms with Crippen LogP contribution in [0.5, 0.6) is 0 Å². The number of likely N-dealkylation sites (N-methyl/N-ethyl adjacent to an activating group) is 1. The molecule has 1 atom stereocenters. The van der Waals surface area contributed by atoms with E-state index in [-0.39, 0.29) is 12.5 Å². The molecule has 1 unspecified atom stereocenters. The van der Waals surface area contributed by atoms with Crippen LogP contribution in [-0.4, -0.2) is 43.4 Å². The van der Waals surface area contributed by atoms with Gasteiger partial charge in [0, 0.05) is 20.1 Å². The predicted molar refractivity (Wildman–Crippen MR) is 91.9 cm³/mol. The van der Waals surface area contributed by atoms with Crippen molar-refractivity contribution in [1.29, 1.82) is 0 Å². The van der Waals surface area contributed by atoms with E-state index < -0.39 is 0 Å². The van der Waals surface area contributed by atoms with Crippen LogP contribution in [0.4, 0.5) is 0 Å². The van der Waals surface area contributed by atoms with Gasteiger partial charge in [0.1, 0.15) is 0 Å². The van der Waals surface area contributed by atoms with E-state index in [1.165, 1.54) is 5.56 Å². The average Bonchev–Trinajstić information content (AvgIpc) is 2.50. The van der Waals surface area contributed by atoms with E-state index in [1.54, 1.807) is 19.0 Å². The normalized spacial score (nSPS) is 12.7. The van der Waals surface area contributed by atoms with Gasteiger partial charge in [-0.15, -0.1) is 0 Å². The molecular weight excluding hydrogens is 276 g/mol. The highest BCUT2D eigenvalue weighted by Crippen LogP contribution is 2.04. The van der Waals surface area contributed by atoms with Gasteiger partial charge in [0.2, 0.25) is 5.91 Å². The third-order valence-corrected chi connectivity index (χ3v) is 3.44. The Morgan fingerprint density at radius 2 is 1.91 bits per heavy atom. The first-order chi connectivity index (χ1) is 10.4. The molecule has 0 fully saturated rings. The first kappa shape index (κ1) is 18.0. The third kappa shape index (κ3) is 6.61. The number of carbonyl (C=O) groups is 1. The van der Waals surface area contributed by atoms with Crippen LogP contribution in [0.15, 0.2) is 29.3 Å². The summed E-state index contributed by atoms with van der Waals surface area (Å²) in [6.07, 6.45) is 0.993. The van der Waals surface area contributed by atoms with Crippen LogP contribution >= 0.6 is 0 Å². The molecule has 2 N–H and O–H groups in total. The number of hydrogen-bond donors (Lipinski definition) is 2. The number of hydrogen-bond acceptors (Lipinski definition) is 2.